The van der Waals surface area contributed by atoms with Gasteiger partial charge in [-0.25, -0.2) is 0 Å². The third kappa shape index (κ3) is 5.37. The Morgan fingerprint density at radius 1 is 1.25 bits per heavy atom. The van der Waals surface area contributed by atoms with Crippen molar-refractivity contribution < 1.29 is 9.53 Å². The molecule has 2 aromatic carbocycles. The number of fused-ring (bicyclic) bond motifs is 1. The van der Waals surface area contributed by atoms with Gasteiger partial charge in [0.15, 0.2) is 0 Å². The van der Waals surface area contributed by atoms with Gasteiger partial charge >= 0.3 is 0 Å². The fourth-order valence-corrected chi connectivity index (χ4v) is 3.38. The van der Waals surface area contributed by atoms with E-state index in [1.807, 2.05) is 38.5 Å². The Morgan fingerprint density at radius 3 is 2.78 bits per heavy atom. The molecular weight excluding hydrogens is 408 g/mol. The van der Waals surface area contributed by atoms with Crippen LogP contribution in [-0.4, -0.2) is 55.4 Å². The number of nitrogens with zero attached hydrogens (tertiary/aromatic N) is 2. The van der Waals surface area contributed by atoms with Gasteiger partial charge in [0, 0.05) is 47.9 Å². The monoisotopic (exact) mass is 436 g/mol. The smallest absolute Gasteiger partial charge is 0.256 e. The Balaban J connectivity index is 1.79. The zero-order valence-corrected chi connectivity index (χ0v) is 18.5. The van der Waals surface area contributed by atoms with E-state index < -0.39 is 5.91 Å². The van der Waals surface area contributed by atoms with Crippen LogP contribution in [0.3, 0.4) is 0 Å². The minimum absolute atomic E-state index is 0.00899. The summed E-state index contributed by atoms with van der Waals surface area (Å²) in [5, 5.41) is 18.4. The molecule has 0 atom stereocenters. The second-order valence-corrected chi connectivity index (χ2v) is 7.56. The minimum atomic E-state index is -0.466. The zero-order valence-electron chi connectivity index (χ0n) is 18.5. The SMILES string of the molecule is CCOc1cc(C(=O)NC(=N)c2cccc3[nH]cc(CNCCN(C)C)c23)ccc1N=O. The predicted molar refractivity (Wildman–Crippen MR) is 126 cm³/mol. The number of carbonyl (C=O) groups excluding carboxylic acids is 1. The number of benzene rings is 2. The van der Waals surface area contributed by atoms with Crippen LogP contribution >= 0.6 is 0 Å². The molecule has 0 unspecified atom stereocenters. The number of rotatable bonds is 10. The van der Waals surface area contributed by atoms with Crippen LogP contribution in [0.25, 0.3) is 10.9 Å². The van der Waals surface area contributed by atoms with Gasteiger partial charge in [-0.05, 0) is 56.0 Å². The van der Waals surface area contributed by atoms with Crippen molar-refractivity contribution in [3.05, 3.63) is 64.2 Å². The number of nitroso groups, excluding NO2 is 1. The van der Waals surface area contributed by atoms with Crippen LogP contribution in [-0.2, 0) is 6.54 Å². The Bertz CT molecular complexity index is 1120. The van der Waals surface area contributed by atoms with Crippen molar-refractivity contribution in [1.82, 2.24) is 20.5 Å². The van der Waals surface area contributed by atoms with Crippen molar-refractivity contribution in [3.8, 4) is 5.75 Å². The summed E-state index contributed by atoms with van der Waals surface area (Å²) in [6.07, 6.45) is 1.92. The molecule has 3 rings (SSSR count). The van der Waals surface area contributed by atoms with E-state index in [-0.39, 0.29) is 22.8 Å². The summed E-state index contributed by atoms with van der Waals surface area (Å²) >= 11 is 0. The van der Waals surface area contributed by atoms with Gasteiger partial charge in [-0.1, -0.05) is 12.1 Å². The van der Waals surface area contributed by atoms with Crippen molar-refractivity contribution in [2.75, 3.05) is 33.8 Å². The van der Waals surface area contributed by atoms with Gasteiger partial charge in [-0.15, -0.1) is 4.91 Å². The molecule has 0 radical (unpaired) electrons. The lowest BCUT2D eigenvalue weighted by Crippen LogP contribution is -2.30. The Morgan fingerprint density at radius 2 is 2.06 bits per heavy atom. The molecule has 9 heteroatoms. The average Bonchev–Trinajstić information content (AvgIpc) is 3.20. The van der Waals surface area contributed by atoms with Crippen molar-refractivity contribution in [2.45, 2.75) is 13.5 Å². The van der Waals surface area contributed by atoms with E-state index in [1.54, 1.807) is 6.92 Å². The summed E-state index contributed by atoms with van der Waals surface area (Å²) in [7, 11) is 4.05. The topological polar surface area (TPSA) is 123 Å². The first-order valence-electron chi connectivity index (χ1n) is 10.4. The maximum atomic E-state index is 12.8. The Hall–Kier alpha value is -3.56. The number of aromatic amines is 1. The number of carbonyl (C=O) groups is 1. The first-order valence-corrected chi connectivity index (χ1v) is 10.4. The van der Waals surface area contributed by atoms with Crippen LogP contribution in [0, 0.1) is 10.3 Å². The molecule has 0 bridgehead atoms. The lowest BCUT2D eigenvalue weighted by atomic mass is 10.0. The molecule has 0 aliphatic heterocycles. The van der Waals surface area contributed by atoms with Crippen LogP contribution in [0.4, 0.5) is 5.69 Å². The number of nitrogens with one attached hydrogen (secondary N) is 4. The number of H-pyrrole nitrogens is 1. The molecule has 32 heavy (non-hydrogen) atoms. The van der Waals surface area contributed by atoms with Gasteiger partial charge in [-0.2, -0.15) is 0 Å². The molecular formula is C23H28N6O3. The lowest BCUT2D eigenvalue weighted by molar-refractivity contribution is 0.0976. The molecule has 9 nitrogen and oxygen atoms in total. The summed E-state index contributed by atoms with van der Waals surface area (Å²) in [6.45, 7) is 4.52. The molecule has 3 aromatic rings. The third-order valence-electron chi connectivity index (χ3n) is 4.97. The van der Waals surface area contributed by atoms with Crippen molar-refractivity contribution >= 4 is 28.3 Å². The van der Waals surface area contributed by atoms with Crippen LogP contribution in [0.1, 0.15) is 28.4 Å². The number of aromatic nitrogens is 1. The van der Waals surface area contributed by atoms with Crippen molar-refractivity contribution in [1.29, 1.82) is 5.41 Å². The summed E-state index contributed by atoms with van der Waals surface area (Å²) in [5.74, 6) is -0.239. The molecule has 1 aromatic heterocycles. The van der Waals surface area contributed by atoms with Crippen molar-refractivity contribution in [2.24, 2.45) is 5.18 Å². The third-order valence-corrected chi connectivity index (χ3v) is 4.97. The Kier molecular flexibility index (Phi) is 7.69. The van der Waals surface area contributed by atoms with Gasteiger partial charge in [0.25, 0.3) is 5.91 Å². The van der Waals surface area contributed by atoms with Crippen molar-refractivity contribution in [3.63, 3.8) is 0 Å². The molecule has 0 fully saturated rings. The Labute approximate surface area is 186 Å². The maximum absolute atomic E-state index is 12.8. The molecule has 1 heterocycles. The highest BCUT2D eigenvalue weighted by Crippen LogP contribution is 2.28. The summed E-state index contributed by atoms with van der Waals surface area (Å²) in [5.41, 5.74) is 2.94. The maximum Gasteiger partial charge on any atom is 0.256 e. The number of hydrogen-bond donors (Lipinski definition) is 4. The van der Waals surface area contributed by atoms with E-state index in [9.17, 15) is 9.70 Å². The fraction of sp³-hybridized carbons (Fsp3) is 0.304. The van der Waals surface area contributed by atoms with Crippen LogP contribution in [0.5, 0.6) is 5.75 Å². The highest BCUT2D eigenvalue weighted by molar-refractivity contribution is 6.16. The fourth-order valence-electron chi connectivity index (χ4n) is 3.38. The van der Waals surface area contributed by atoms with Crippen LogP contribution in [0.15, 0.2) is 47.8 Å². The molecule has 0 saturated carbocycles. The van der Waals surface area contributed by atoms with Gasteiger partial charge in [0.05, 0.1) is 6.61 Å². The standard InChI is InChI=1S/C23H28N6O3/c1-4-32-20-12-15(8-9-18(20)28-31)23(30)27-22(24)17-6-5-7-19-21(17)16(14-26-19)13-25-10-11-29(2)3/h5-9,12,14,25-26H,4,10-11,13H2,1-3H3,(H2,24,27,30). The van der Waals surface area contributed by atoms with Gasteiger partial charge in [0.1, 0.15) is 17.3 Å². The number of amidine groups is 1. The minimum Gasteiger partial charge on any atom is -0.491 e. The van der Waals surface area contributed by atoms with E-state index in [4.69, 9.17) is 10.1 Å². The van der Waals surface area contributed by atoms with E-state index >= 15 is 0 Å². The second-order valence-electron chi connectivity index (χ2n) is 7.56. The molecule has 0 aliphatic carbocycles. The first kappa shape index (κ1) is 23.1. The van der Waals surface area contributed by atoms with E-state index in [1.165, 1.54) is 18.2 Å². The molecule has 4 N–H and O–H groups in total. The highest BCUT2D eigenvalue weighted by atomic mass is 16.5. The number of hydrogen-bond acceptors (Lipinski definition) is 7. The average molecular weight is 437 g/mol. The van der Waals surface area contributed by atoms with E-state index in [0.29, 0.717) is 18.7 Å². The molecule has 168 valence electrons. The highest BCUT2D eigenvalue weighted by Gasteiger charge is 2.16. The molecule has 0 spiro atoms. The van der Waals surface area contributed by atoms with Crippen LogP contribution < -0.4 is 15.4 Å². The normalized spacial score (nSPS) is 11.0. The van der Waals surface area contributed by atoms with E-state index in [0.717, 1.165) is 29.6 Å². The number of likely N-dealkylation sites (N-methyl/N-ethyl adjacent to an activating group) is 1. The number of ether oxygens (including phenoxy) is 1. The summed E-state index contributed by atoms with van der Waals surface area (Å²) < 4.78 is 5.39. The van der Waals surface area contributed by atoms with Gasteiger partial charge < -0.3 is 25.3 Å². The molecule has 1 amide bonds. The lowest BCUT2D eigenvalue weighted by Gasteiger charge is -2.12. The van der Waals surface area contributed by atoms with Gasteiger partial charge in [0.2, 0.25) is 0 Å². The van der Waals surface area contributed by atoms with Gasteiger partial charge in [-0.3, -0.25) is 10.2 Å². The quantitative estimate of drug-likeness (QED) is 0.168. The molecule has 0 saturated heterocycles. The summed E-state index contributed by atoms with van der Waals surface area (Å²) in [4.78, 5) is 29.0. The second kappa shape index (κ2) is 10.7. The first-order chi connectivity index (χ1) is 15.4. The zero-order chi connectivity index (χ0) is 23.1. The predicted octanol–water partition coefficient (Wildman–Crippen LogP) is 3.37. The van der Waals surface area contributed by atoms with E-state index in [2.05, 4.69) is 25.7 Å². The number of amides is 1. The van der Waals surface area contributed by atoms with Crippen LogP contribution in [0.2, 0.25) is 0 Å². The largest absolute Gasteiger partial charge is 0.491 e. The molecule has 0 aliphatic rings. The summed E-state index contributed by atoms with van der Waals surface area (Å²) in [6, 6.07) is 9.97.